The molecule has 0 aromatic carbocycles. The zero-order valence-corrected chi connectivity index (χ0v) is 11.8. The predicted octanol–water partition coefficient (Wildman–Crippen LogP) is 4.27. The maximum Gasteiger partial charge on any atom is 0.0670 e. The normalized spacial score (nSPS) is 9.09. The Bertz CT molecular complexity index is 138. The van der Waals surface area contributed by atoms with Crippen molar-refractivity contribution in [3.8, 4) is 0 Å². The molecule has 0 rings (SSSR count). The maximum atomic E-state index is 5.18. The van der Waals surface area contributed by atoms with Gasteiger partial charge < -0.3 is 4.74 Å². The van der Waals surface area contributed by atoms with Crippen LogP contribution in [0.1, 0.15) is 0 Å². The Morgan fingerprint density at radius 2 is 1.27 bits per heavy atom. The van der Waals surface area contributed by atoms with Crippen molar-refractivity contribution in [1.29, 1.82) is 0 Å². The molecule has 0 N–H and O–H groups in total. The summed E-state index contributed by atoms with van der Waals surface area (Å²) in [5, 5.41) is 0. The summed E-state index contributed by atoms with van der Waals surface area (Å²) in [6.07, 6.45) is 3.77. The van der Waals surface area contributed by atoms with Gasteiger partial charge in [-0.3, -0.25) is 0 Å². The summed E-state index contributed by atoms with van der Waals surface area (Å²) >= 11 is 12.9. The summed E-state index contributed by atoms with van der Waals surface area (Å²) in [5.74, 6) is 0. The SMILES string of the molecule is BrC(Br)=CCOCC=C(Br)Br. The molecule has 64 valence electrons. The summed E-state index contributed by atoms with van der Waals surface area (Å²) in [7, 11) is 0. The fourth-order valence-electron chi connectivity index (χ4n) is 0.312. The van der Waals surface area contributed by atoms with E-state index < -0.39 is 0 Å². The van der Waals surface area contributed by atoms with E-state index in [1.807, 2.05) is 12.2 Å². The zero-order chi connectivity index (χ0) is 8.69. The van der Waals surface area contributed by atoms with Crippen molar-refractivity contribution in [2.24, 2.45) is 0 Å². The van der Waals surface area contributed by atoms with E-state index in [0.717, 1.165) is 6.78 Å². The fourth-order valence-corrected chi connectivity index (χ4v) is 0.841. The van der Waals surface area contributed by atoms with Gasteiger partial charge in [0.2, 0.25) is 0 Å². The van der Waals surface area contributed by atoms with Crippen LogP contribution in [0.4, 0.5) is 0 Å². The van der Waals surface area contributed by atoms with E-state index in [-0.39, 0.29) is 0 Å². The molecule has 0 aliphatic carbocycles. The number of rotatable bonds is 4. The Hall–Kier alpha value is 1.36. The van der Waals surface area contributed by atoms with Crippen molar-refractivity contribution >= 4 is 63.7 Å². The lowest BCUT2D eigenvalue weighted by Gasteiger charge is -1.94. The van der Waals surface area contributed by atoms with E-state index in [1.165, 1.54) is 0 Å². The van der Waals surface area contributed by atoms with E-state index in [1.54, 1.807) is 0 Å². The van der Waals surface area contributed by atoms with E-state index in [4.69, 9.17) is 4.74 Å². The largest absolute Gasteiger partial charge is 0.373 e. The molecule has 0 fully saturated rings. The van der Waals surface area contributed by atoms with Crippen LogP contribution >= 0.6 is 63.7 Å². The van der Waals surface area contributed by atoms with Crippen LogP contribution in [-0.4, -0.2) is 13.2 Å². The van der Waals surface area contributed by atoms with Gasteiger partial charge >= 0.3 is 0 Å². The Kier molecular flexibility index (Phi) is 8.97. The number of halogens is 4. The quantitative estimate of drug-likeness (QED) is 0.626. The lowest BCUT2D eigenvalue weighted by molar-refractivity contribution is 0.194. The predicted molar refractivity (Wildman–Crippen MR) is 62.7 cm³/mol. The molecule has 5 heteroatoms. The maximum absolute atomic E-state index is 5.18. The first-order valence-electron chi connectivity index (χ1n) is 2.73. The molecular formula is C6H6Br4O. The minimum Gasteiger partial charge on any atom is -0.373 e. The number of ether oxygens (including phenoxy) is 1. The van der Waals surface area contributed by atoms with Crippen molar-refractivity contribution in [3.05, 3.63) is 18.9 Å². The Morgan fingerprint density at radius 3 is 1.55 bits per heavy atom. The van der Waals surface area contributed by atoms with Crippen molar-refractivity contribution in [2.45, 2.75) is 0 Å². The topological polar surface area (TPSA) is 9.23 Å². The van der Waals surface area contributed by atoms with Gasteiger partial charge in [0.15, 0.2) is 0 Å². The third kappa shape index (κ3) is 11.4. The molecule has 0 aliphatic rings. The van der Waals surface area contributed by atoms with Crippen LogP contribution in [0.25, 0.3) is 0 Å². The van der Waals surface area contributed by atoms with Crippen molar-refractivity contribution < 1.29 is 4.74 Å². The highest BCUT2D eigenvalue weighted by molar-refractivity contribution is 9.28. The van der Waals surface area contributed by atoms with Crippen LogP contribution in [0.15, 0.2) is 18.9 Å². The van der Waals surface area contributed by atoms with Crippen LogP contribution in [0.5, 0.6) is 0 Å². The van der Waals surface area contributed by atoms with Crippen molar-refractivity contribution in [2.75, 3.05) is 13.2 Å². The summed E-state index contributed by atoms with van der Waals surface area (Å²) in [6, 6.07) is 0. The summed E-state index contributed by atoms with van der Waals surface area (Å²) in [6.45, 7) is 1.19. The van der Waals surface area contributed by atoms with Gasteiger partial charge in [0.05, 0.1) is 20.0 Å². The first kappa shape index (κ1) is 12.4. The monoisotopic (exact) mass is 410 g/mol. The smallest absolute Gasteiger partial charge is 0.0670 e. The fraction of sp³-hybridized carbons (Fsp3) is 0.333. The second kappa shape index (κ2) is 7.98. The van der Waals surface area contributed by atoms with Crippen LogP contribution in [0.2, 0.25) is 0 Å². The third-order valence-electron chi connectivity index (χ3n) is 0.711. The molecule has 0 heterocycles. The molecule has 0 aromatic rings. The Balaban J connectivity index is 3.29. The van der Waals surface area contributed by atoms with E-state index in [9.17, 15) is 0 Å². The second-order valence-corrected chi connectivity index (χ2v) is 7.07. The molecule has 0 spiro atoms. The van der Waals surface area contributed by atoms with Crippen molar-refractivity contribution in [3.63, 3.8) is 0 Å². The lowest BCUT2D eigenvalue weighted by atomic mass is 10.6. The summed E-state index contributed by atoms with van der Waals surface area (Å²) in [5.41, 5.74) is 0. The van der Waals surface area contributed by atoms with Crippen molar-refractivity contribution in [1.82, 2.24) is 0 Å². The van der Waals surface area contributed by atoms with Gasteiger partial charge in [0.1, 0.15) is 0 Å². The average molecular weight is 414 g/mol. The molecule has 0 aromatic heterocycles. The van der Waals surface area contributed by atoms with Gasteiger partial charge in [-0.05, 0) is 75.9 Å². The highest BCUT2D eigenvalue weighted by Gasteiger charge is 1.84. The molecule has 1 nitrogen and oxygen atoms in total. The van der Waals surface area contributed by atoms with E-state index in [0.29, 0.717) is 13.2 Å². The standard InChI is InChI=1S/C6H6Br4O/c7-5(8)1-3-11-4-2-6(9)10/h1-2H,3-4H2. The Labute approximate surface area is 99.8 Å². The van der Waals surface area contributed by atoms with Gasteiger partial charge in [0, 0.05) is 0 Å². The van der Waals surface area contributed by atoms with Gasteiger partial charge in [0.25, 0.3) is 0 Å². The molecule has 0 radical (unpaired) electrons. The molecule has 0 unspecified atom stereocenters. The van der Waals surface area contributed by atoms with E-state index in [2.05, 4.69) is 63.7 Å². The van der Waals surface area contributed by atoms with Crippen LogP contribution in [-0.2, 0) is 4.74 Å². The first-order valence-corrected chi connectivity index (χ1v) is 5.90. The molecule has 0 amide bonds. The molecule has 0 bridgehead atoms. The minimum absolute atomic E-state index is 0.593. The third-order valence-corrected chi connectivity index (χ3v) is 2.01. The first-order chi connectivity index (χ1) is 5.13. The highest BCUT2D eigenvalue weighted by atomic mass is 79.9. The van der Waals surface area contributed by atoms with Gasteiger partial charge in [-0.25, -0.2) is 0 Å². The minimum atomic E-state index is 0.593. The van der Waals surface area contributed by atoms with Gasteiger partial charge in [-0.1, -0.05) is 0 Å². The highest BCUT2D eigenvalue weighted by Crippen LogP contribution is 2.13. The summed E-state index contributed by atoms with van der Waals surface area (Å²) < 4.78 is 7.00. The van der Waals surface area contributed by atoms with Crippen LogP contribution in [0, 0.1) is 0 Å². The van der Waals surface area contributed by atoms with Crippen LogP contribution in [0.3, 0.4) is 0 Å². The van der Waals surface area contributed by atoms with Gasteiger partial charge in [-0.2, -0.15) is 0 Å². The van der Waals surface area contributed by atoms with Gasteiger partial charge in [-0.15, -0.1) is 0 Å². The molecule has 11 heavy (non-hydrogen) atoms. The van der Waals surface area contributed by atoms with E-state index >= 15 is 0 Å². The lowest BCUT2D eigenvalue weighted by Crippen LogP contribution is -1.89. The average Bonchev–Trinajstić information content (AvgIpc) is 1.85. The molecular weight excluding hydrogens is 408 g/mol. The zero-order valence-electron chi connectivity index (χ0n) is 5.49. The summed E-state index contributed by atoms with van der Waals surface area (Å²) in [4.78, 5) is 0. The molecule has 0 saturated heterocycles. The molecule has 0 saturated carbocycles. The second-order valence-electron chi connectivity index (χ2n) is 1.52. The Morgan fingerprint density at radius 1 is 0.909 bits per heavy atom. The van der Waals surface area contributed by atoms with Crippen LogP contribution < -0.4 is 0 Å². The number of hydrogen-bond acceptors (Lipinski definition) is 1. The number of hydrogen-bond donors (Lipinski definition) is 0. The molecule has 0 aliphatic heterocycles. The molecule has 0 atom stereocenters.